The minimum atomic E-state index is -1.09. The lowest BCUT2D eigenvalue weighted by Gasteiger charge is -2.21. The van der Waals surface area contributed by atoms with Crippen molar-refractivity contribution in [1.82, 2.24) is 19.9 Å². The van der Waals surface area contributed by atoms with Gasteiger partial charge in [0.25, 0.3) is 0 Å². The van der Waals surface area contributed by atoms with Gasteiger partial charge in [0.15, 0.2) is 0 Å². The molecule has 4 N–H and O–H groups in total. The summed E-state index contributed by atoms with van der Waals surface area (Å²) in [5.74, 6) is -1.56. The molecule has 2 aromatic heterocycles. The zero-order valence-corrected chi connectivity index (χ0v) is 18.5. The molecule has 0 fully saturated rings. The summed E-state index contributed by atoms with van der Waals surface area (Å²) in [5.41, 5.74) is 4.81. The fourth-order valence-corrected chi connectivity index (χ4v) is 3.88. The van der Waals surface area contributed by atoms with Gasteiger partial charge in [-0.2, -0.15) is 0 Å². The summed E-state index contributed by atoms with van der Waals surface area (Å²) < 4.78 is 1.61. The average molecular weight is 459 g/mol. The Morgan fingerprint density at radius 1 is 0.971 bits per heavy atom. The number of hydrogen-bond donors (Lipinski definition) is 4. The molecular weight excluding hydrogens is 432 g/mol. The number of aromatic amines is 1. The maximum atomic E-state index is 13.0. The van der Waals surface area contributed by atoms with Crippen LogP contribution in [0.3, 0.4) is 0 Å². The first-order valence-electron chi connectivity index (χ1n) is 11.0. The van der Waals surface area contributed by atoms with Crippen LogP contribution in [0.4, 0.5) is 0 Å². The minimum Gasteiger partial charge on any atom is -0.481 e. The number of carbonyl (C=O) groups excluding carboxylic acids is 1. The van der Waals surface area contributed by atoms with Crippen molar-refractivity contribution in [3.05, 3.63) is 91.3 Å². The number of aliphatic hydroxyl groups excluding tert-OH is 1. The second-order valence-corrected chi connectivity index (χ2v) is 8.07. The predicted octanol–water partition coefficient (Wildman–Crippen LogP) is 3.28. The van der Waals surface area contributed by atoms with E-state index in [4.69, 9.17) is 0 Å². The van der Waals surface area contributed by atoms with Crippen LogP contribution < -0.4 is 5.32 Å². The third kappa shape index (κ3) is 5.60. The van der Waals surface area contributed by atoms with Crippen LogP contribution in [0.2, 0.25) is 0 Å². The number of rotatable bonds is 10. The summed E-state index contributed by atoms with van der Waals surface area (Å²) in [5, 5.41) is 21.9. The van der Waals surface area contributed by atoms with Crippen LogP contribution in [-0.4, -0.2) is 49.3 Å². The van der Waals surface area contributed by atoms with Crippen molar-refractivity contribution in [3.63, 3.8) is 0 Å². The molecule has 8 heteroatoms. The Morgan fingerprint density at radius 2 is 1.65 bits per heavy atom. The molecule has 2 heterocycles. The Balaban J connectivity index is 1.50. The number of imidazole rings is 1. The number of aliphatic carboxylic acids is 1. The highest BCUT2D eigenvalue weighted by molar-refractivity contribution is 5.85. The van der Waals surface area contributed by atoms with E-state index in [2.05, 4.69) is 15.3 Å². The van der Waals surface area contributed by atoms with Crippen LogP contribution in [-0.2, 0) is 16.0 Å². The summed E-state index contributed by atoms with van der Waals surface area (Å²) in [6, 6.07) is 18.5. The average Bonchev–Trinajstić information content (AvgIpc) is 3.55. The third-order valence-electron chi connectivity index (χ3n) is 5.66. The fraction of sp³-hybridized carbons (Fsp3) is 0.192. The van der Waals surface area contributed by atoms with Crippen LogP contribution in [0.15, 0.2) is 85.6 Å². The molecule has 2 atom stereocenters. The van der Waals surface area contributed by atoms with Gasteiger partial charge in [-0.05, 0) is 28.3 Å². The van der Waals surface area contributed by atoms with Crippen molar-refractivity contribution < 1.29 is 19.8 Å². The summed E-state index contributed by atoms with van der Waals surface area (Å²) in [4.78, 5) is 31.3. The van der Waals surface area contributed by atoms with E-state index in [9.17, 15) is 19.8 Å². The van der Waals surface area contributed by atoms with E-state index in [0.717, 1.165) is 27.9 Å². The number of amides is 1. The number of nitrogens with zero attached hydrogens (tertiary/aromatic N) is 2. The summed E-state index contributed by atoms with van der Waals surface area (Å²) in [6.07, 6.45) is 6.59. The fourth-order valence-electron chi connectivity index (χ4n) is 3.88. The number of benzene rings is 2. The first-order valence-corrected chi connectivity index (χ1v) is 11.0. The smallest absolute Gasteiger partial charge is 0.306 e. The molecule has 4 rings (SSSR count). The van der Waals surface area contributed by atoms with Gasteiger partial charge in [0.1, 0.15) is 6.04 Å². The van der Waals surface area contributed by atoms with Crippen molar-refractivity contribution in [2.24, 2.45) is 0 Å². The molecule has 0 aliphatic carbocycles. The normalized spacial score (nSPS) is 12.7. The molecule has 0 spiro atoms. The standard InChI is InChI=1S/C26H26N4O4/c31-16-23(12-22-14-27-17-28-22)29-26(34)24(13-25(32)33)30-11-10-21(15-30)20-8-6-19(7-9-20)18-4-2-1-3-5-18/h1-11,14-15,17,23-24,31H,12-13,16H2,(H,27,28)(H,29,34)(H,32,33)/t23-,24+/m0/s1. The highest BCUT2D eigenvalue weighted by atomic mass is 16.4. The molecule has 0 saturated heterocycles. The van der Waals surface area contributed by atoms with Crippen LogP contribution >= 0.6 is 0 Å². The minimum absolute atomic E-state index is 0.282. The van der Waals surface area contributed by atoms with Crippen molar-refractivity contribution in [3.8, 4) is 22.3 Å². The van der Waals surface area contributed by atoms with E-state index < -0.39 is 24.0 Å². The lowest BCUT2D eigenvalue weighted by molar-refractivity contribution is -0.140. The maximum absolute atomic E-state index is 13.0. The molecule has 0 aliphatic rings. The molecule has 0 bridgehead atoms. The van der Waals surface area contributed by atoms with Crippen molar-refractivity contribution in [1.29, 1.82) is 0 Å². The molecule has 174 valence electrons. The predicted molar refractivity (Wildman–Crippen MR) is 128 cm³/mol. The zero-order chi connectivity index (χ0) is 23.9. The Kier molecular flexibility index (Phi) is 7.19. The molecule has 34 heavy (non-hydrogen) atoms. The highest BCUT2D eigenvalue weighted by Crippen LogP contribution is 2.26. The number of carboxylic acid groups (broad SMARTS) is 1. The second-order valence-electron chi connectivity index (χ2n) is 8.07. The van der Waals surface area contributed by atoms with E-state index in [1.165, 1.54) is 6.33 Å². The van der Waals surface area contributed by atoms with Gasteiger partial charge in [0, 0.05) is 30.7 Å². The largest absolute Gasteiger partial charge is 0.481 e. The van der Waals surface area contributed by atoms with Gasteiger partial charge in [0.2, 0.25) is 5.91 Å². The molecule has 0 radical (unpaired) electrons. The van der Waals surface area contributed by atoms with Gasteiger partial charge in [-0.1, -0.05) is 54.6 Å². The summed E-state index contributed by atoms with van der Waals surface area (Å²) in [6.45, 7) is -0.282. The number of aliphatic hydroxyl groups is 1. The number of H-pyrrole nitrogens is 1. The van der Waals surface area contributed by atoms with E-state index in [1.807, 2.05) is 60.7 Å². The van der Waals surface area contributed by atoms with Gasteiger partial charge in [0.05, 0.1) is 25.4 Å². The highest BCUT2D eigenvalue weighted by Gasteiger charge is 2.26. The van der Waals surface area contributed by atoms with Gasteiger partial charge < -0.3 is 25.1 Å². The Morgan fingerprint density at radius 3 is 2.26 bits per heavy atom. The van der Waals surface area contributed by atoms with Crippen molar-refractivity contribution >= 4 is 11.9 Å². The molecule has 8 nitrogen and oxygen atoms in total. The number of hydrogen-bond acceptors (Lipinski definition) is 4. The van der Waals surface area contributed by atoms with Crippen LogP contribution in [0.5, 0.6) is 0 Å². The molecule has 0 saturated carbocycles. The van der Waals surface area contributed by atoms with Gasteiger partial charge in [-0.15, -0.1) is 0 Å². The second kappa shape index (κ2) is 10.6. The van der Waals surface area contributed by atoms with Crippen LogP contribution in [0.1, 0.15) is 18.2 Å². The lowest BCUT2D eigenvalue weighted by Crippen LogP contribution is -2.43. The van der Waals surface area contributed by atoms with E-state index >= 15 is 0 Å². The topological polar surface area (TPSA) is 120 Å². The number of carbonyl (C=O) groups is 2. The van der Waals surface area contributed by atoms with Gasteiger partial charge in [-0.25, -0.2) is 4.98 Å². The van der Waals surface area contributed by atoms with Crippen molar-refractivity contribution in [2.75, 3.05) is 6.61 Å². The third-order valence-corrected chi connectivity index (χ3v) is 5.66. The van der Waals surface area contributed by atoms with Gasteiger partial charge >= 0.3 is 5.97 Å². The molecule has 0 aliphatic heterocycles. The molecular formula is C26H26N4O4. The number of carboxylic acids is 1. The van der Waals surface area contributed by atoms with E-state index in [-0.39, 0.29) is 13.0 Å². The molecule has 0 unspecified atom stereocenters. The van der Waals surface area contributed by atoms with Crippen molar-refractivity contribution in [2.45, 2.75) is 24.9 Å². The molecule has 2 aromatic carbocycles. The quantitative estimate of drug-likeness (QED) is 0.291. The SMILES string of the molecule is O=C(O)C[C@H](C(=O)N[C@H](CO)Cc1cnc[nH]1)n1ccc(-c2ccc(-c3ccccc3)cc2)c1. The summed E-state index contributed by atoms with van der Waals surface area (Å²) >= 11 is 0. The van der Waals surface area contributed by atoms with E-state index in [0.29, 0.717) is 6.42 Å². The first kappa shape index (κ1) is 23.0. The first-order chi connectivity index (χ1) is 16.5. The monoisotopic (exact) mass is 458 g/mol. The lowest BCUT2D eigenvalue weighted by atomic mass is 10.0. The Labute approximate surface area is 196 Å². The molecule has 1 amide bonds. The maximum Gasteiger partial charge on any atom is 0.306 e. The Hall–Kier alpha value is -4.17. The van der Waals surface area contributed by atoms with Gasteiger partial charge in [-0.3, -0.25) is 9.59 Å². The molecule has 4 aromatic rings. The zero-order valence-electron chi connectivity index (χ0n) is 18.5. The van der Waals surface area contributed by atoms with E-state index in [1.54, 1.807) is 23.2 Å². The number of nitrogens with one attached hydrogen (secondary N) is 2. The van der Waals surface area contributed by atoms with Crippen LogP contribution in [0, 0.1) is 0 Å². The summed E-state index contributed by atoms with van der Waals surface area (Å²) in [7, 11) is 0. The number of aromatic nitrogens is 3. The van der Waals surface area contributed by atoms with Crippen LogP contribution in [0.25, 0.3) is 22.3 Å². The Bertz CT molecular complexity index is 1220.